The van der Waals surface area contributed by atoms with E-state index in [-0.39, 0.29) is 11.3 Å². The van der Waals surface area contributed by atoms with E-state index >= 15 is 0 Å². The summed E-state index contributed by atoms with van der Waals surface area (Å²) in [6.07, 6.45) is -4.53. The third kappa shape index (κ3) is 2.75. The van der Waals surface area contributed by atoms with E-state index in [0.29, 0.717) is 0 Å². The smallest absolute Gasteiger partial charge is 0.428 e. The number of aromatic nitrogens is 1. The lowest BCUT2D eigenvalue weighted by atomic mass is 10.1. The summed E-state index contributed by atoms with van der Waals surface area (Å²) in [7, 11) is 0.996. The second-order valence-corrected chi connectivity index (χ2v) is 4.03. The van der Waals surface area contributed by atoms with Crippen molar-refractivity contribution in [3.63, 3.8) is 0 Å². The van der Waals surface area contributed by atoms with Crippen LogP contribution in [0.2, 0.25) is 0 Å². The molecule has 0 spiro atoms. The van der Waals surface area contributed by atoms with Crippen LogP contribution in [0, 0.1) is 10.1 Å². The van der Waals surface area contributed by atoms with E-state index < -0.39 is 34.0 Å². The highest BCUT2D eigenvalue weighted by Gasteiger charge is 2.35. The average molecular weight is 316 g/mol. The van der Waals surface area contributed by atoms with Crippen LogP contribution in [0.25, 0.3) is 11.3 Å². The Morgan fingerprint density at radius 3 is 2.36 bits per heavy atom. The summed E-state index contributed by atoms with van der Waals surface area (Å²) in [5.41, 5.74) is -1.45. The molecule has 2 rings (SSSR count). The Labute approximate surface area is 120 Å². The van der Waals surface area contributed by atoms with Gasteiger partial charge in [-0.2, -0.15) is 13.2 Å². The first-order valence-electron chi connectivity index (χ1n) is 5.65. The van der Waals surface area contributed by atoms with E-state index in [2.05, 4.69) is 9.89 Å². The Bertz CT molecular complexity index is 721. The number of carbonyl (C=O) groups excluding carboxylic acids is 1. The number of nitro groups is 1. The minimum atomic E-state index is -4.53. The van der Waals surface area contributed by atoms with Crippen molar-refractivity contribution in [1.29, 1.82) is 0 Å². The Kier molecular flexibility index (Phi) is 3.85. The SMILES string of the molecule is COC(=O)c1c([N+](=O)[O-])noc1-c1ccc(C(F)(F)F)cc1. The van der Waals surface area contributed by atoms with Crippen LogP contribution in [-0.4, -0.2) is 23.2 Å². The fraction of sp³-hybridized carbons (Fsp3) is 0.167. The highest BCUT2D eigenvalue weighted by atomic mass is 19.4. The maximum Gasteiger partial charge on any atom is 0.428 e. The van der Waals surface area contributed by atoms with Crippen molar-refractivity contribution in [2.24, 2.45) is 0 Å². The molecule has 0 fully saturated rings. The van der Waals surface area contributed by atoms with Gasteiger partial charge < -0.3 is 14.9 Å². The molecule has 0 N–H and O–H groups in total. The van der Waals surface area contributed by atoms with Crippen molar-refractivity contribution in [3.8, 4) is 11.3 Å². The van der Waals surface area contributed by atoms with Gasteiger partial charge in [0.2, 0.25) is 11.3 Å². The van der Waals surface area contributed by atoms with E-state index in [1.165, 1.54) is 0 Å². The number of esters is 1. The Balaban J connectivity index is 2.53. The van der Waals surface area contributed by atoms with Crippen LogP contribution in [0.1, 0.15) is 15.9 Å². The Hall–Kier alpha value is -2.91. The number of nitrogens with zero attached hydrogens (tertiary/aromatic N) is 2. The van der Waals surface area contributed by atoms with E-state index in [4.69, 9.17) is 4.52 Å². The molecule has 1 aromatic heterocycles. The predicted octanol–water partition coefficient (Wildman–Crippen LogP) is 3.06. The van der Waals surface area contributed by atoms with Gasteiger partial charge in [-0.25, -0.2) is 4.79 Å². The van der Waals surface area contributed by atoms with Gasteiger partial charge in [-0.15, -0.1) is 0 Å². The van der Waals surface area contributed by atoms with Gasteiger partial charge in [0.1, 0.15) is 0 Å². The molecule has 1 aromatic carbocycles. The standard InChI is InChI=1S/C12H7F3N2O5/c1-21-11(18)8-9(22-16-10(8)17(19)20)6-2-4-7(5-3-6)12(13,14)15/h2-5H,1H3. The lowest BCUT2D eigenvalue weighted by molar-refractivity contribution is -0.391. The zero-order valence-corrected chi connectivity index (χ0v) is 10.9. The first-order valence-corrected chi connectivity index (χ1v) is 5.65. The van der Waals surface area contributed by atoms with Crippen molar-refractivity contribution < 1.29 is 32.1 Å². The lowest BCUT2D eigenvalue weighted by Gasteiger charge is -2.06. The second-order valence-electron chi connectivity index (χ2n) is 4.03. The van der Waals surface area contributed by atoms with Crippen molar-refractivity contribution in [1.82, 2.24) is 5.16 Å². The zero-order chi connectivity index (χ0) is 16.5. The van der Waals surface area contributed by atoms with E-state index in [1.807, 2.05) is 0 Å². The zero-order valence-electron chi connectivity index (χ0n) is 10.9. The summed E-state index contributed by atoms with van der Waals surface area (Å²) in [5.74, 6) is -2.29. The molecule has 0 amide bonds. The molecule has 0 atom stereocenters. The van der Waals surface area contributed by atoms with Crippen molar-refractivity contribution in [3.05, 3.63) is 45.5 Å². The molecule has 0 radical (unpaired) electrons. The fourth-order valence-electron chi connectivity index (χ4n) is 1.70. The van der Waals surface area contributed by atoms with Gasteiger partial charge in [0.05, 0.1) is 12.7 Å². The number of methoxy groups -OCH3 is 1. The van der Waals surface area contributed by atoms with Crippen LogP contribution < -0.4 is 0 Å². The minimum absolute atomic E-state index is 0.0222. The summed E-state index contributed by atoms with van der Waals surface area (Å²) >= 11 is 0. The molecule has 0 bridgehead atoms. The topological polar surface area (TPSA) is 95.5 Å². The third-order valence-corrected chi connectivity index (χ3v) is 2.71. The van der Waals surface area contributed by atoms with Crippen LogP contribution in [-0.2, 0) is 10.9 Å². The molecule has 7 nitrogen and oxygen atoms in total. The summed E-state index contributed by atoms with van der Waals surface area (Å²) < 4.78 is 46.6. The van der Waals surface area contributed by atoms with Crippen LogP contribution >= 0.6 is 0 Å². The van der Waals surface area contributed by atoms with E-state index in [0.717, 1.165) is 31.4 Å². The second kappa shape index (κ2) is 5.47. The summed E-state index contributed by atoms with van der Waals surface area (Å²) in [6.45, 7) is 0. The van der Waals surface area contributed by atoms with Gasteiger partial charge in [-0.1, -0.05) is 12.1 Å². The first-order chi connectivity index (χ1) is 10.3. The first kappa shape index (κ1) is 15.5. The number of hydrogen-bond donors (Lipinski definition) is 0. The number of rotatable bonds is 3. The van der Waals surface area contributed by atoms with Crippen LogP contribution in [0.15, 0.2) is 28.8 Å². The quantitative estimate of drug-likeness (QED) is 0.490. The molecule has 0 aliphatic carbocycles. The highest BCUT2D eigenvalue weighted by molar-refractivity contribution is 5.99. The third-order valence-electron chi connectivity index (χ3n) is 2.71. The maximum atomic E-state index is 12.5. The molecule has 0 aliphatic rings. The predicted molar refractivity (Wildman–Crippen MR) is 64.9 cm³/mol. The highest BCUT2D eigenvalue weighted by Crippen LogP contribution is 2.34. The van der Waals surface area contributed by atoms with Gasteiger partial charge in [-0.3, -0.25) is 4.52 Å². The van der Waals surface area contributed by atoms with Gasteiger partial charge in [0.15, 0.2) is 5.16 Å². The van der Waals surface area contributed by atoms with Crippen molar-refractivity contribution >= 4 is 11.8 Å². The summed E-state index contributed by atoms with van der Waals surface area (Å²) in [6, 6.07) is 3.54. The van der Waals surface area contributed by atoms with E-state index in [1.54, 1.807) is 0 Å². The number of benzene rings is 1. The van der Waals surface area contributed by atoms with Crippen LogP contribution in [0.4, 0.5) is 19.0 Å². The lowest BCUT2D eigenvalue weighted by Crippen LogP contribution is -2.06. The van der Waals surface area contributed by atoms with Gasteiger partial charge >= 0.3 is 18.0 Å². The van der Waals surface area contributed by atoms with Crippen LogP contribution in [0.3, 0.4) is 0 Å². The molecule has 2 aromatic rings. The molecule has 0 unspecified atom stereocenters. The number of halogens is 3. The molecule has 1 heterocycles. The average Bonchev–Trinajstić information content (AvgIpc) is 2.90. The maximum absolute atomic E-state index is 12.5. The monoisotopic (exact) mass is 316 g/mol. The Morgan fingerprint density at radius 1 is 1.32 bits per heavy atom. The van der Waals surface area contributed by atoms with Gasteiger partial charge in [0, 0.05) is 5.56 Å². The molecule has 0 saturated heterocycles. The summed E-state index contributed by atoms with van der Waals surface area (Å²) in [5, 5.41) is 13.9. The van der Waals surface area contributed by atoms with E-state index in [9.17, 15) is 28.1 Å². The number of carbonyl (C=O) groups is 1. The molecule has 10 heteroatoms. The van der Waals surface area contributed by atoms with Crippen LogP contribution in [0.5, 0.6) is 0 Å². The number of alkyl halides is 3. The number of hydrogen-bond acceptors (Lipinski definition) is 6. The molecule has 116 valence electrons. The van der Waals surface area contributed by atoms with Crippen molar-refractivity contribution in [2.45, 2.75) is 6.18 Å². The molecule has 22 heavy (non-hydrogen) atoms. The summed E-state index contributed by atoms with van der Waals surface area (Å²) in [4.78, 5) is 21.5. The van der Waals surface area contributed by atoms with Gasteiger partial charge in [0.25, 0.3) is 0 Å². The molecule has 0 saturated carbocycles. The largest absolute Gasteiger partial charge is 0.465 e. The molecular formula is C12H7F3N2O5. The minimum Gasteiger partial charge on any atom is -0.465 e. The normalized spacial score (nSPS) is 11.3. The molecule has 0 aliphatic heterocycles. The number of ether oxygens (including phenoxy) is 1. The van der Waals surface area contributed by atoms with Crippen molar-refractivity contribution in [2.75, 3.05) is 7.11 Å². The molecular weight excluding hydrogens is 309 g/mol. The Morgan fingerprint density at radius 2 is 1.91 bits per heavy atom. The van der Waals surface area contributed by atoms with Gasteiger partial charge in [-0.05, 0) is 17.1 Å². The fourth-order valence-corrected chi connectivity index (χ4v) is 1.70.